The number of carbonyl (C=O) groups excluding carboxylic acids is 1. The lowest BCUT2D eigenvalue weighted by Crippen LogP contribution is -2.58. The van der Waals surface area contributed by atoms with Crippen molar-refractivity contribution in [1.29, 1.82) is 0 Å². The third-order valence-corrected chi connectivity index (χ3v) is 10.8. The van der Waals surface area contributed by atoms with Crippen molar-refractivity contribution in [3.05, 3.63) is 93.9 Å². The number of benzene rings is 2. The van der Waals surface area contributed by atoms with Crippen LogP contribution in [0.4, 0.5) is 0 Å². The number of allylic oxidation sites excluding steroid dienone is 1. The number of halogens is 2. The van der Waals surface area contributed by atoms with Gasteiger partial charge in [-0.3, -0.25) is 4.79 Å². The summed E-state index contributed by atoms with van der Waals surface area (Å²) in [5, 5.41) is 0.901. The molecular formula is C30H37Cl2N3O2S. The van der Waals surface area contributed by atoms with Gasteiger partial charge in [0, 0.05) is 27.3 Å². The van der Waals surface area contributed by atoms with E-state index in [1.807, 2.05) is 82.0 Å². The molecule has 3 rings (SSSR count). The van der Waals surface area contributed by atoms with Crippen LogP contribution in [0.5, 0.6) is 0 Å². The highest BCUT2D eigenvalue weighted by atomic mass is 35.5. The first-order valence-corrected chi connectivity index (χ1v) is 15.4. The molecule has 5 nitrogen and oxygen atoms in total. The molecule has 5 atom stereocenters. The minimum absolute atomic E-state index is 0.0114. The lowest BCUT2D eigenvalue weighted by molar-refractivity contribution is -0.155. The van der Waals surface area contributed by atoms with Crippen molar-refractivity contribution in [2.75, 3.05) is 5.75 Å². The van der Waals surface area contributed by atoms with Crippen molar-refractivity contribution in [3.8, 4) is 0 Å². The van der Waals surface area contributed by atoms with E-state index in [2.05, 4.69) is 22.1 Å². The molecule has 204 valence electrons. The molecule has 38 heavy (non-hydrogen) atoms. The van der Waals surface area contributed by atoms with E-state index in [1.54, 1.807) is 6.08 Å². The molecule has 0 radical (unpaired) electrons. The van der Waals surface area contributed by atoms with Crippen LogP contribution < -0.4 is 0 Å². The average Bonchev–Trinajstić information content (AvgIpc) is 2.85. The van der Waals surface area contributed by atoms with Crippen LogP contribution in [0.25, 0.3) is 4.95 Å². The first kappa shape index (κ1) is 30.2. The fourth-order valence-electron chi connectivity index (χ4n) is 5.48. The molecule has 1 unspecified atom stereocenters. The molecule has 0 spiro atoms. The van der Waals surface area contributed by atoms with E-state index in [4.69, 9.17) is 29.8 Å². The Balaban J connectivity index is 2.32. The third-order valence-electron chi connectivity index (χ3n) is 7.64. The molecule has 1 heterocycles. The van der Waals surface area contributed by atoms with Crippen LogP contribution in [0.2, 0.25) is 10.0 Å². The van der Waals surface area contributed by atoms with Gasteiger partial charge in [0.15, 0.2) is 0 Å². The Bertz CT molecular complexity index is 1330. The van der Waals surface area contributed by atoms with Gasteiger partial charge in [-0.15, -0.1) is 11.5 Å². The molecule has 2 aromatic carbocycles. The number of carbonyl (C=O) groups is 1. The lowest BCUT2D eigenvalue weighted by Gasteiger charge is -2.53. The van der Waals surface area contributed by atoms with Gasteiger partial charge in [0.1, 0.15) is 14.2 Å². The molecule has 0 bridgehead atoms. The highest BCUT2D eigenvalue weighted by molar-refractivity contribution is 7.94. The predicted molar refractivity (Wildman–Crippen MR) is 159 cm³/mol. The number of hydrogen-bond donors (Lipinski definition) is 0. The van der Waals surface area contributed by atoms with Crippen LogP contribution >= 0.6 is 23.2 Å². The highest BCUT2D eigenvalue weighted by Gasteiger charge is 2.52. The van der Waals surface area contributed by atoms with Crippen LogP contribution in [-0.2, 0) is 14.5 Å². The van der Waals surface area contributed by atoms with Gasteiger partial charge >= 0.3 is 0 Å². The fraction of sp³-hybridized carbons (Fsp3) is 0.467. The molecule has 1 amide bonds. The van der Waals surface area contributed by atoms with E-state index in [-0.39, 0.29) is 34.8 Å². The van der Waals surface area contributed by atoms with Crippen LogP contribution in [0.15, 0.2) is 65.7 Å². The largest absolute Gasteiger partial charge is 0.330 e. The summed E-state index contributed by atoms with van der Waals surface area (Å²) in [6, 6.07) is 14.6. The number of piperidine rings is 1. The molecule has 2 aromatic rings. The smallest absolute Gasteiger partial charge is 0.229 e. The summed E-state index contributed by atoms with van der Waals surface area (Å²) in [5.74, 6) is -0.0258. The Kier molecular flexibility index (Phi) is 9.73. The zero-order chi connectivity index (χ0) is 28.3. The van der Waals surface area contributed by atoms with Crippen LogP contribution in [0.3, 0.4) is 0 Å². The quantitative estimate of drug-likeness (QED) is 0.172. The molecule has 8 heteroatoms. The molecule has 1 aliphatic rings. The minimum atomic E-state index is -2.91. The summed E-state index contributed by atoms with van der Waals surface area (Å²) in [5.41, 5.74) is 1.25. The normalized spacial score (nSPS) is 24.1. The Morgan fingerprint density at radius 2 is 1.82 bits per heavy atom. The molecule has 1 fully saturated rings. The van der Waals surface area contributed by atoms with Crippen molar-refractivity contribution in [1.82, 2.24) is 4.90 Å². The zero-order valence-corrected chi connectivity index (χ0v) is 25.1. The van der Waals surface area contributed by atoms with Gasteiger partial charge in [0.05, 0.1) is 17.2 Å². The molecule has 0 aliphatic carbocycles. The molecular weight excluding hydrogens is 537 g/mol. The maximum Gasteiger partial charge on any atom is 0.229 e. The van der Waals surface area contributed by atoms with E-state index in [0.717, 1.165) is 11.1 Å². The summed E-state index contributed by atoms with van der Waals surface area (Å²) in [7, 11) is -2.91. The topological polar surface area (TPSA) is 54.1 Å². The maximum atomic E-state index is 14.5. The second-order valence-corrected chi connectivity index (χ2v) is 14.7. The van der Waals surface area contributed by atoms with Gasteiger partial charge in [-0.05, 0) is 68.0 Å². The van der Waals surface area contributed by atoms with Crippen molar-refractivity contribution in [3.63, 3.8) is 0 Å². The summed E-state index contributed by atoms with van der Waals surface area (Å²) in [4.78, 5) is 19.6. The van der Waals surface area contributed by atoms with Gasteiger partial charge in [0.25, 0.3) is 0 Å². The van der Waals surface area contributed by atoms with Crippen molar-refractivity contribution < 1.29 is 9.00 Å². The van der Waals surface area contributed by atoms with Crippen molar-refractivity contribution in [2.24, 2.45) is 15.8 Å². The number of hydrogen-bond acceptors (Lipinski definition) is 3. The Labute approximate surface area is 238 Å². The van der Waals surface area contributed by atoms with E-state index in [1.165, 1.54) is 0 Å². The zero-order valence-electron chi connectivity index (χ0n) is 22.7. The molecule has 1 aliphatic heterocycles. The Morgan fingerprint density at radius 3 is 2.34 bits per heavy atom. The van der Waals surface area contributed by atoms with E-state index < -0.39 is 21.2 Å². The second-order valence-electron chi connectivity index (χ2n) is 11.0. The maximum absolute atomic E-state index is 14.5. The fourth-order valence-corrected chi connectivity index (χ4v) is 7.62. The van der Waals surface area contributed by atoms with Gasteiger partial charge in [0.2, 0.25) is 5.91 Å². The van der Waals surface area contributed by atoms with Gasteiger partial charge in [-0.25, -0.2) is 4.21 Å². The Morgan fingerprint density at radius 1 is 1.16 bits per heavy atom. The third kappa shape index (κ3) is 6.28. The number of nitrogens with zero attached hydrogens (tertiary/aromatic N) is 3. The summed E-state index contributed by atoms with van der Waals surface area (Å²) < 4.78 is 17.8. The van der Waals surface area contributed by atoms with E-state index >= 15 is 0 Å². The van der Waals surface area contributed by atoms with Gasteiger partial charge in [-0.2, -0.15) is 6.57 Å². The lowest BCUT2D eigenvalue weighted by atomic mass is 9.67. The predicted octanol–water partition coefficient (Wildman–Crippen LogP) is 8.37. The SMILES string of the molecule is [C-]#[N+]N=S(=O)(C[C@H](C(C)C)N1C(=O)[C@@](C)(CC=C)C[C@H](c2cccc(Cl)c2)[C@H]1c1ccc(Cl)cc1)C(C)C. The van der Waals surface area contributed by atoms with Crippen LogP contribution in [-0.4, -0.2) is 32.1 Å². The van der Waals surface area contributed by atoms with Crippen molar-refractivity contribution >= 4 is 38.8 Å². The highest BCUT2D eigenvalue weighted by Crippen LogP contribution is 2.52. The van der Waals surface area contributed by atoms with E-state index in [0.29, 0.717) is 22.9 Å². The van der Waals surface area contributed by atoms with E-state index in [9.17, 15) is 9.00 Å². The van der Waals surface area contributed by atoms with Crippen LogP contribution in [0.1, 0.15) is 70.5 Å². The second kappa shape index (κ2) is 12.2. The summed E-state index contributed by atoms with van der Waals surface area (Å²) >= 11 is 12.7. The number of amides is 1. The molecule has 0 aromatic heterocycles. The average molecular weight is 575 g/mol. The summed E-state index contributed by atoms with van der Waals surface area (Å²) in [6.07, 6.45) is 2.89. The van der Waals surface area contributed by atoms with Gasteiger partial charge < -0.3 is 4.90 Å². The molecule has 1 saturated heterocycles. The molecule has 0 N–H and O–H groups in total. The van der Waals surface area contributed by atoms with Gasteiger partial charge in [-0.1, -0.05) is 74.3 Å². The Hall–Kier alpha value is -2.33. The first-order chi connectivity index (χ1) is 17.9. The molecule has 0 saturated carbocycles. The number of rotatable bonds is 9. The first-order valence-electron chi connectivity index (χ1n) is 12.9. The standard InChI is InChI=1S/C30H37Cl2N3O2S/c1-8-16-30(6)18-26(23-10-9-11-25(32)17-23)28(22-12-14-24(31)15-13-22)35(29(30)36)27(20(2)3)19-38(37,21(4)5)34-33-7/h8-15,17,20-21,26-28H,1,16,18-19H2,2-6H3/t26-,27-,28-,30+,38?/m1/s1. The monoisotopic (exact) mass is 573 g/mol. The minimum Gasteiger partial charge on any atom is -0.330 e. The number of likely N-dealkylation sites (tertiary alicyclic amines) is 1. The van der Waals surface area contributed by atoms with Crippen LogP contribution in [0, 0.1) is 17.9 Å². The summed E-state index contributed by atoms with van der Waals surface area (Å²) in [6.45, 7) is 21.0. The van der Waals surface area contributed by atoms with Crippen molar-refractivity contribution in [2.45, 2.75) is 70.7 Å².